The number of hydrogen-bond acceptors (Lipinski definition) is 3. The lowest BCUT2D eigenvalue weighted by Gasteiger charge is -2.19. The van der Waals surface area contributed by atoms with Crippen LogP contribution in [-0.4, -0.2) is 17.9 Å². The van der Waals surface area contributed by atoms with Gasteiger partial charge in [-0.25, -0.2) is 4.39 Å². The molecule has 2 N–H and O–H groups in total. The van der Waals surface area contributed by atoms with Crippen LogP contribution in [0.5, 0.6) is 5.75 Å². The molecule has 0 aliphatic heterocycles. The Bertz CT molecular complexity index is 1020. The normalized spacial score (nSPS) is 12.5. The van der Waals surface area contributed by atoms with Crippen molar-refractivity contribution < 1.29 is 18.7 Å². The molecule has 5 nitrogen and oxygen atoms in total. The number of nitrogens with one attached hydrogen (secondary N) is 2. The van der Waals surface area contributed by atoms with Gasteiger partial charge in [0.05, 0.1) is 17.3 Å². The Balaban J connectivity index is 1.70. The zero-order valence-electron chi connectivity index (χ0n) is 17.5. The topological polar surface area (TPSA) is 67.4 Å². The third kappa shape index (κ3) is 5.92. The summed E-state index contributed by atoms with van der Waals surface area (Å²) in [6.45, 7) is 3.71. The third-order valence-corrected chi connectivity index (χ3v) is 4.83. The van der Waals surface area contributed by atoms with Crippen molar-refractivity contribution in [3.05, 3.63) is 95.8 Å². The highest BCUT2D eigenvalue weighted by molar-refractivity contribution is 6.04. The van der Waals surface area contributed by atoms with Crippen molar-refractivity contribution in [1.82, 2.24) is 5.32 Å². The number of rotatable bonds is 8. The third-order valence-electron chi connectivity index (χ3n) is 4.83. The molecule has 0 aliphatic rings. The Hall–Kier alpha value is -3.67. The van der Waals surface area contributed by atoms with E-state index in [1.807, 2.05) is 44.2 Å². The molecule has 0 radical (unpaired) electrons. The first-order chi connectivity index (χ1) is 15.0. The quantitative estimate of drug-likeness (QED) is 0.532. The largest absolute Gasteiger partial charge is 0.481 e. The zero-order chi connectivity index (χ0) is 22.2. The van der Waals surface area contributed by atoms with E-state index in [1.54, 1.807) is 24.3 Å². The molecule has 6 heteroatoms. The molecule has 3 rings (SSSR count). The maximum Gasteiger partial charge on any atom is 0.265 e. The number of benzene rings is 3. The predicted octanol–water partition coefficient (Wildman–Crippen LogP) is 5.11. The van der Waals surface area contributed by atoms with Gasteiger partial charge in [-0.05, 0) is 55.3 Å². The first-order valence-electron chi connectivity index (χ1n) is 10.2. The molecular weight excluding hydrogens is 395 g/mol. The predicted molar refractivity (Wildman–Crippen MR) is 119 cm³/mol. The monoisotopic (exact) mass is 420 g/mol. The average molecular weight is 420 g/mol. The number of halogens is 1. The van der Waals surface area contributed by atoms with Crippen molar-refractivity contribution in [3.8, 4) is 5.75 Å². The number of amides is 2. The van der Waals surface area contributed by atoms with Gasteiger partial charge in [-0.3, -0.25) is 9.59 Å². The Morgan fingerprint density at radius 2 is 1.58 bits per heavy atom. The molecule has 0 saturated heterocycles. The van der Waals surface area contributed by atoms with E-state index < -0.39 is 6.10 Å². The van der Waals surface area contributed by atoms with Crippen molar-refractivity contribution in [1.29, 1.82) is 0 Å². The van der Waals surface area contributed by atoms with Gasteiger partial charge in [0.25, 0.3) is 11.8 Å². The maximum atomic E-state index is 13.1. The fraction of sp³-hybridized carbons (Fsp3) is 0.200. The van der Waals surface area contributed by atoms with Gasteiger partial charge in [-0.1, -0.05) is 49.4 Å². The smallest absolute Gasteiger partial charge is 0.265 e. The van der Waals surface area contributed by atoms with Crippen LogP contribution in [0, 0.1) is 5.82 Å². The lowest BCUT2D eigenvalue weighted by molar-refractivity contribution is -0.122. The van der Waals surface area contributed by atoms with E-state index in [4.69, 9.17) is 4.74 Å². The van der Waals surface area contributed by atoms with Crippen LogP contribution >= 0.6 is 0 Å². The summed E-state index contributed by atoms with van der Waals surface area (Å²) in [6, 6.07) is 21.7. The Kier molecular flexibility index (Phi) is 7.38. The molecule has 0 unspecified atom stereocenters. The second-order valence-electron chi connectivity index (χ2n) is 7.11. The van der Waals surface area contributed by atoms with Gasteiger partial charge in [0.15, 0.2) is 6.10 Å². The van der Waals surface area contributed by atoms with Crippen LogP contribution in [-0.2, 0) is 4.79 Å². The van der Waals surface area contributed by atoms with E-state index in [1.165, 1.54) is 24.3 Å². The number of ether oxygens (including phenoxy) is 1. The van der Waals surface area contributed by atoms with Crippen molar-refractivity contribution in [2.45, 2.75) is 32.4 Å². The van der Waals surface area contributed by atoms with Gasteiger partial charge < -0.3 is 15.4 Å². The fourth-order valence-corrected chi connectivity index (χ4v) is 3.10. The number of anilines is 1. The van der Waals surface area contributed by atoms with Crippen LogP contribution in [0.1, 0.15) is 42.2 Å². The summed E-state index contributed by atoms with van der Waals surface area (Å²) in [5.74, 6) is -0.663. The van der Waals surface area contributed by atoms with E-state index in [-0.39, 0.29) is 23.7 Å². The highest BCUT2D eigenvalue weighted by Gasteiger charge is 2.21. The lowest BCUT2D eigenvalue weighted by atomic mass is 10.1. The first kappa shape index (κ1) is 22.0. The van der Waals surface area contributed by atoms with Crippen molar-refractivity contribution >= 4 is 17.5 Å². The zero-order valence-corrected chi connectivity index (χ0v) is 17.5. The van der Waals surface area contributed by atoms with Crippen molar-refractivity contribution in [2.24, 2.45) is 0 Å². The molecular formula is C25H25FN2O3. The summed E-state index contributed by atoms with van der Waals surface area (Å²) < 4.78 is 18.8. The highest BCUT2D eigenvalue weighted by atomic mass is 19.1. The second-order valence-corrected chi connectivity index (χ2v) is 7.11. The standard InChI is InChI=1S/C25H25FN2O3/c1-3-23(31-20-15-13-19(26)14-16-20)25(30)28-22-12-8-7-11-21(22)24(29)27-17(2)18-9-5-4-6-10-18/h4-17,23H,3H2,1-2H3,(H,27,29)(H,28,30)/t17-,23+/m0/s1. The Morgan fingerprint density at radius 1 is 0.935 bits per heavy atom. The molecule has 0 aromatic heterocycles. The van der Waals surface area contributed by atoms with Crippen molar-refractivity contribution in [2.75, 3.05) is 5.32 Å². The molecule has 2 amide bonds. The van der Waals surface area contributed by atoms with Crippen molar-refractivity contribution in [3.63, 3.8) is 0 Å². The number of para-hydroxylation sites is 1. The molecule has 2 atom stereocenters. The minimum atomic E-state index is -0.787. The summed E-state index contributed by atoms with van der Waals surface area (Å²) in [5.41, 5.74) is 1.73. The Labute approximate surface area is 181 Å². The molecule has 31 heavy (non-hydrogen) atoms. The molecule has 0 heterocycles. The first-order valence-corrected chi connectivity index (χ1v) is 10.2. The van der Waals surface area contributed by atoms with E-state index in [0.29, 0.717) is 23.4 Å². The number of hydrogen-bond donors (Lipinski definition) is 2. The molecule has 0 bridgehead atoms. The van der Waals surface area contributed by atoms with Crippen LogP contribution in [0.25, 0.3) is 0 Å². The molecule has 0 aliphatic carbocycles. The molecule has 0 spiro atoms. The van der Waals surface area contributed by atoms with Gasteiger partial charge >= 0.3 is 0 Å². The molecule has 3 aromatic carbocycles. The van der Waals surface area contributed by atoms with Gasteiger partial charge in [0, 0.05) is 0 Å². The Morgan fingerprint density at radius 3 is 2.26 bits per heavy atom. The minimum Gasteiger partial charge on any atom is -0.481 e. The average Bonchev–Trinajstić information content (AvgIpc) is 2.79. The van der Waals surface area contributed by atoms with Gasteiger partial charge in [0.1, 0.15) is 11.6 Å². The summed E-state index contributed by atoms with van der Waals surface area (Å²) >= 11 is 0. The maximum absolute atomic E-state index is 13.1. The van der Waals surface area contributed by atoms with Crippen LogP contribution < -0.4 is 15.4 Å². The van der Waals surface area contributed by atoms with E-state index >= 15 is 0 Å². The molecule has 0 fully saturated rings. The molecule has 3 aromatic rings. The summed E-state index contributed by atoms with van der Waals surface area (Å²) in [5, 5.41) is 5.75. The number of carbonyl (C=O) groups excluding carboxylic acids is 2. The highest BCUT2D eigenvalue weighted by Crippen LogP contribution is 2.20. The second kappa shape index (κ2) is 10.4. The summed E-state index contributed by atoms with van der Waals surface area (Å²) in [7, 11) is 0. The van der Waals surface area contributed by atoms with Gasteiger partial charge in [-0.15, -0.1) is 0 Å². The van der Waals surface area contributed by atoms with Crippen LogP contribution in [0.4, 0.5) is 10.1 Å². The molecule has 0 saturated carbocycles. The van der Waals surface area contributed by atoms with Gasteiger partial charge in [0.2, 0.25) is 0 Å². The minimum absolute atomic E-state index is 0.192. The van der Waals surface area contributed by atoms with E-state index in [9.17, 15) is 14.0 Å². The summed E-state index contributed by atoms with van der Waals surface area (Å²) in [6.07, 6.45) is -0.382. The fourth-order valence-electron chi connectivity index (χ4n) is 3.10. The summed E-state index contributed by atoms with van der Waals surface area (Å²) in [4.78, 5) is 25.7. The van der Waals surface area contributed by atoms with Crippen LogP contribution in [0.3, 0.4) is 0 Å². The molecule has 160 valence electrons. The van der Waals surface area contributed by atoms with Crippen LogP contribution in [0.15, 0.2) is 78.9 Å². The van der Waals surface area contributed by atoms with Gasteiger partial charge in [-0.2, -0.15) is 0 Å². The van der Waals surface area contributed by atoms with Crippen LogP contribution in [0.2, 0.25) is 0 Å². The lowest BCUT2D eigenvalue weighted by Crippen LogP contribution is -2.34. The van der Waals surface area contributed by atoms with E-state index in [0.717, 1.165) is 5.56 Å². The SMILES string of the molecule is CC[C@@H](Oc1ccc(F)cc1)C(=O)Nc1ccccc1C(=O)N[C@@H](C)c1ccccc1. The number of carbonyl (C=O) groups is 2. The van der Waals surface area contributed by atoms with E-state index in [2.05, 4.69) is 10.6 Å².